The van der Waals surface area contributed by atoms with Crippen LogP contribution in [0.25, 0.3) is 0 Å². The number of carbonyl (C=O) groups is 1. The Hall–Kier alpha value is -1.17. The molecular weight excluding hydrogens is 296 g/mol. The van der Waals surface area contributed by atoms with Gasteiger partial charge in [0, 0.05) is 7.11 Å². The van der Waals surface area contributed by atoms with Crippen LogP contribution in [0.15, 0.2) is 23.8 Å². The number of ether oxygens (including phenoxy) is 2. The SMILES string of the molecule is COC1C=CC(C)(O)C(O)CC(=O)OC(C)C(C)CCC=C1C. The lowest BCUT2D eigenvalue weighted by Gasteiger charge is -2.27. The number of hydrogen-bond donors (Lipinski definition) is 2. The molecule has 0 spiro atoms. The van der Waals surface area contributed by atoms with Gasteiger partial charge in [-0.05, 0) is 45.1 Å². The van der Waals surface area contributed by atoms with Gasteiger partial charge in [-0.3, -0.25) is 4.79 Å². The number of aliphatic hydroxyl groups is 2. The summed E-state index contributed by atoms with van der Waals surface area (Å²) < 4.78 is 10.8. The molecular formula is C18H30O5. The van der Waals surface area contributed by atoms with E-state index in [0.717, 1.165) is 18.4 Å². The van der Waals surface area contributed by atoms with Gasteiger partial charge < -0.3 is 19.7 Å². The molecule has 0 aromatic rings. The molecule has 0 aromatic heterocycles. The molecule has 5 unspecified atom stereocenters. The second-order valence-corrected chi connectivity index (χ2v) is 6.66. The maximum atomic E-state index is 11.9. The molecule has 23 heavy (non-hydrogen) atoms. The van der Waals surface area contributed by atoms with Gasteiger partial charge in [0.05, 0.1) is 18.6 Å². The minimum atomic E-state index is -1.53. The van der Waals surface area contributed by atoms with Crippen LogP contribution in [0, 0.1) is 5.92 Å². The highest BCUT2D eigenvalue weighted by molar-refractivity contribution is 5.70. The van der Waals surface area contributed by atoms with Gasteiger partial charge in [-0.1, -0.05) is 25.2 Å². The normalized spacial score (nSPS) is 37.7. The summed E-state index contributed by atoms with van der Waals surface area (Å²) in [6.07, 6.45) is 5.06. The maximum Gasteiger partial charge on any atom is 0.308 e. The van der Waals surface area contributed by atoms with E-state index >= 15 is 0 Å². The van der Waals surface area contributed by atoms with Gasteiger partial charge in [0.25, 0.3) is 0 Å². The van der Waals surface area contributed by atoms with Gasteiger partial charge in [-0.2, -0.15) is 0 Å². The van der Waals surface area contributed by atoms with Crippen molar-refractivity contribution >= 4 is 5.97 Å². The Morgan fingerprint density at radius 1 is 1.39 bits per heavy atom. The van der Waals surface area contributed by atoms with Crippen LogP contribution >= 0.6 is 0 Å². The quantitative estimate of drug-likeness (QED) is 0.571. The molecule has 0 saturated heterocycles. The Morgan fingerprint density at radius 3 is 2.65 bits per heavy atom. The maximum absolute atomic E-state index is 11.9. The average molecular weight is 326 g/mol. The summed E-state index contributed by atoms with van der Waals surface area (Å²) in [6.45, 7) is 7.33. The van der Waals surface area contributed by atoms with Crippen LogP contribution in [0.2, 0.25) is 0 Å². The molecule has 0 saturated carbocycles. The van der Waals surface area contributed by atoms with Crippen molar-refractivity contribution < 1.29 is 24.5 Å². The van der Waals surface area contributed by atoms with Gasteiger partial charge in [-0.15, -0.1) is 0 Å². The topological polar surface area (TPSA) is 76.0 Å². The number of carbonyl (C=O) groups excluding carboxylic acids is 1. The predicted octanol–water partition coefficient (Wildman–Crippen LogP) is 2.37. The van der Waals surface area contributed by atoms with Crippen LogP contribution in [0.1, 0.15) is 47.0 Å². The van der Waals surface area contributed by atoms with E-state index in [1.54, 1.807) is 13.2 Å². The first-order valence-corrected chi connectivity index (χ1v) is 8.16. The standard InChI is InChI=1S/C18H30O5/c1-12-7-6-8-13(2)15(22-5)9-10-18(4,21)16(19)11-17(20)23-14(12)3/h8-10,12,14-16,19,21H,6-7,11H2,1-5H3. The minimum Gasteiger partial charge on any atom is -0.462 e. The molecule has 0 fully saturated rings. The highest BCUT2D eigenvalue weighted by Crippen LogP contribution is 2.21. The summed E-state index contributed by atoms with van der Waals surface area (Å²) in [6, 6.07) is 0. The average Bonchev–Trinajstić information content (AvgIpc) is 2.46. The molecule has 0 bridgehead atoms. The van der Waals surface area contributed by atoms with Crippen molar-refractivity contribution in [3.05, 3.63) is 23.8 Å². The van der Waals surface area contributed by atoms with Gasteiger partial charge in [0.15, 0.2) is 0 Å². The lowest BCUT2D eigenvalue weighted by Crippen LogP contribution is -2.40. The molecule has 2 N–H and O–H groups in total. The second kappa shape index (κ2) is 8.62. The Morgan fingerprint density at radius 2 is 2.04 bits per heavy atom. The third-order valence-corrected chi connectivity index (χ3v) is 4.55. The number of hydrogen-bond acceptors (Lipinski definition) is 5. The fourth-order valence-corrected chi connectivity index (χ4v) is 2.47. The first-order chi connectivity index (χ1) is 10.7. The summed E-state index contributed by atoms with van der Waals surface area (Å²) >= 11 is 0. The van der Waals surface area contributed by atoms with E-state index in [-0.39, 0.29) is 24.5 Å². The van der Waals surface area contributed by atoms with Crippen LogP contribution in [0.5, 0.6) is 0 Å². The largest absolute Gasteiger partial charge is 0.462 e. The van der Waals surface area contributed by atoms with Crippen LogP contribution in [-0.4, -0.2) is 47.2 Å². The number of rotatable bonds is 1. The molecule has 1 aliphatic heterocycles. The van der Waals surface area contributed by atoms with E-state index in [1.807, 2.05) is 20.8 Å². The van der Waals surface area contributed by atoms with E-state index in [0.29, 0.717) is 0 Å². The van der Waals surface area contributed by atoms with E-state index in [4.69, 9.17) is 9.47 Å². The van der Waals surface area contributed by atoms with Crippen molar-refractivity contribution in [3.8, 4) is 0 Å². The van der Waals surface area contributed by atoms with E-state index in [2.05, 4.69) is 6.08 Å². The number of methoxy groups -OCH3 is 1. The lowest BCUT2D eigenvalue weighted by atomic mass is 9.93. The van der Waals surface area contributed by atoms with Crippen molar-refractivity contribution in [3.63, 3.8) is 0 Å². The van der Waals surface area contributed by atoms with Gasteiger partial charge >= 0.3 is 5.97 Å². The van der Waals surface area contributed by atoms with Crippen molar-refractivity contribution in [2.45, 2.75) is 70.9 Å². The summed E-state index contributed by atoms with van der Waals surface area (Å²) in [5.41, 5.74) is -0.488. The summed E-state index contributed by atoms with van der Waals surface area (Å²) in [5.74, 6) is -0.294. The van der Waals surface area contributed by atoms with Crippen molar-refractivity contribution in [1.82, 2.24) is 0 Å². The van der Waals surface area contributed by atoms with Crippen molar-refractivity contribution in [1.29, 1.82) is 0 Å². The lowest BCUT2D eigenvalue weighted by molar-refractivity contribution is -0.156. The Labute approximate surface area is 139 Å². The van der Waals surface area contributed by atoms with Gasteiger partial charge in [-0.25, -0.2) is 0 Å². The molecule has 5 nitrogen and oxygen atoms in total. The third-order valence-electron chi connectivity index (χ3n) is 4.55. The van der Waals surface area contributed by atoms with E-state index in [9.17, 15) is 15.0 Å². The van der Waals surface area contributed by atoms with Crippen LogP contribution in [0.4, 0.5) is 0 Å². The molecule has 1 aliphatic rings. The molecule has 0 aromatic carbocycles. The zero-order valence-electron chi connectivity index (χ0n) is 14.8. The summed E-state index contributed by atoms with van der Waals surface area (Å²) in [4.78, 5) is 11.9. The summed E-state index contributed by atoms with van der Waals surface area (Å²) in [5, 5.41) is 20.5. The predicted molar refractivity (Wildman–Crippen MR) is 88.9 cm³/mol. The molecule has 0 radical (unpaired) electrons. The number of allylic oxidation sites excluding steroid dienone is 1. The van der Waals surface area contributed by atoms with Crippen LogP contribution in [-0.2, 0) is 14.3 Å². The number of aliphatic hydroxyl groups excluding tert-OH is 1. The van der Waals surface area contributed by atoms with Crippen LogP contribution in [0.3, 0.4) is 0 Å². The van der Waals surface area contributed by atoms with Gasteiger partial charge in [0.1, 0.15) is 11.7 Å². The highest BCUT2D eigenvalue weighted by atomic mass is 16.5. The van der Waals surface area contributed by atoms with Gasteiger partial charge in [0.2, 0.25) is 0 Å². The van der Waals surface area contributed by atoms with Crippen molar-refractivity contribution in [2.24, 2.45) is 5.92 Å². The first-order valence-electron chi connectivity index (χ1n) is 8.16. The van der Waals surface area contributed by atoms with Crippen molar-refractivity contribution in [2.75, 3.05) is 7.11 Å². The Balaban J connectivity index is 3.04. The third kappa shape index (κ3) is 6.09. The highest BCUT2D eigenvalue weighted by Gasteiger charge is 2.31. The summed E-state index contributed by atoms with van der Waals surface area (Å²) in [7, 11) is 1.60. The van der Waals surface area contributed by atoms with E-state index in [1.165, 1.54) is 13.0 Å². The molecule has 0 aliphatic carbocycles. The molecule has 1 heterocycles. The molecule has 1 rings (SSSR count). The monoisotopic (exact) mass is 326 g/mol. The fraction of sp³-hybridized carbons (Fsp3) is 0.722. The Kier molecular flexibility index (Phi) is 7.45. The zero-order valence-corrected chi connectivity index (χ0v) is 14.8. The number of cyclic esters (lactones) is 1. The molecule has 5 atom stereocenters. The molecule has 5 heteroatoms. The molecule has 0 amide bonds. The van der Waals surface area contributed by atoms with Crippen LogP contribution < -0.4 is 0 Å². The Bertz CT molecular complexity index is 452. The van der Waals surface area contributed by atoms with E-state index < -0.39 is 17.7 Å². The second-order valence-electron chi connectivity index (χ2n) is 6.66. The molecule has 132 valence electrons. The minimum absolute atomic E-state index is 0.208. The first kappa shape index (κ1) is 19.9. The smallest absolute Gasteiger partial charge is 0.308 e. The zero-order chi connectivity index (χ0) is 17.6. The number of esters is 1. The fourth-order valence-electron chi connectivity index (χ4n) is 2.47.